The lowest BCUT2D eigenvalue weighted by Gasteiger charge is -2.36. The number of fused-ring (bicyclic) bond motifs is 1. The van der Waals surface area contributed by atoms with Crippen LogP contribution in [0.1, 0.15) is 70.3 Å². The predicted octanol–water partition coefficient (Wildman–Crippen LogP) is 6.93. The normalized spacial score (nSPS) is 16.0. The second-order valence-corrected chi connectivity index (χ2v) is 17.1. The lowest BCUT2D eigenvalue weighted by Crippen LogP contribution is -2.59. The van der Waals surface area contributed by atoms with E-state index < -0.39 is 114 Å². The number of halogens is 4. The van der Waals surface area contributed by atoms with Gasteiger partial charge in [0.1, 0.15) is 41.1 Å². The molecule has 0 spiro atoms. The van der Waals surface area contributed by atoms with Gasteiger partial charge in [0.05, 0.1) is 30.0 Å². The number of carboxylic acids is 1. The number of amides is 4. The zero-order valence-corrected chi connectivity index (χ0v) is 37.0. The van der Waals surface area contributed by atoms with Gasteiger partial charge in [-0.1, -0.05) is 57.2 Å². The number of nitrogens with zero attached hydrogens (tertiary/aromatic N) is 2. The second kappa shape index (κ2) is 21.9. The van der Waals surface area contributed by atoms with Crippen molar-refractivity contribution in [3.63, 3.8) is 0 Å². The fraction of sp³-hybridized carbons (Fsp3) is 0.435. The number of carbonyl (C=O) groups excluding carboxylic acids is 4. The van der Waals surface area contributed by atoms with Crippen LogP contribution < -0.4 is 20.7 Å². The van der Waals surface area contributed by atoms with E-state index in [9.17, 15) is 41.5 Å². The topological polar surface area (TPSA) is 185 Å². The van der Waals surface area contributed by atoms with Crippen molar-refractivity contribution in [1.29, 1.82) is 0 Å². The van der Waals surface area contributed by atoms with E-state index in [1.165, 1.54) is 7.11 Å². The number of ether oxygens (including phenoxy) is 3. The van der Waals surface area contributed by atoms with Crippen LogP contribution in [0.3, 0.4) is 0 Å². The van der Waals surface area contributed by atoms with E-state index in [1.54, 1.807) is 48.7 Å². The average Bonchev–Trinajstić information content (AvgIpc) is 3.67. The van der Waals surface area contributed by atoms with Crippen molar-refractivity contribution in [2.24, 2.45) is 5.41 Å². The summed E-state index contributed by atoms with van der Waals surface area (Å²) < 4.78 is 71.3. The molecule has 4 N–H and O–H groups in total. The summed E-state index contributed by atoms with van der Waals surface area (Å²) in [4.78, 5) is 69.4. The van der Waals surface area contributed by atoms with E-state index >= 15 is 0 Å². The molecule has 346 valence electrons. The molecule has 1 aliphatic heterocycles. The number of hydrogen-bond donors (Lipinski definition) is 4. The Morgan fingerprint density at radius 2 is 1.53 bits per heavy atom. The third-order valence-corrected chi connectivity index (χ3v) is 10.0. The molecule has 4 atom stereocenters. The number of nitrogens with one attached hydrogen (secondary N) is 3. The number of aromatic carboxylic acids is 1. The Kier molecular flexibility index (Phi) is 17.2. The zero-order chi connectivity index (χ0) is 47.5. The van der Waals surface area contributed by atoms with Gasteiger partial charge in [0, 0.05) is 55.6 Å². The summed E-state index contributed by atoms with van der Waals surface area (Å²) in [6.07, 6.45) is -6.11. The summed E-state index contributed by atoms with van der Waals surface area (Å²) in [5.41, 5.74) is 0.200. The molecule has 3 aromatic carbocycles. The molecule has 2 heterocycles. The number of rotatable bonds is 14. The van der Waals surface area contributed by atoms with Gasteiger partial charge in [0.2, 0.25) is 24.1 Å². The number of alkyl halides is 2. The van der Waals surface area contributed by atoms with Crippen molar-refractivity contribution in [3.05, 3.63) is 95.6 Å². The molecule has 0 saturated carbocycles. The van der Waals surface area contributed by atoms with Crippen molar-refractivity contribution in [2.45, 2.75) is 97.1 Å². The van der Waals surface area contributed by atoms with Crippen molar-refractivity contribution in [2.75, 3.05) is 27.3 Å². The molecule has 4 amide bonds. The Hall–Kier alpha value is -6.30. The average molecular weight is 898 g/mol. The Labute approximate surface area is 369 Å². The molecule has 1 saturated heterocycles. The lowest BCUT2D eigenvalue weighted by atomic mass is 9.85. The van der Waals surface area contributed by atoms with Crippen molar-refractivity contribution in [1.82, 2.24) is 25.8 Å². The molecule has 0 radical (unpaired) electrons. The third kappa shape index (κ3) is 14.1. The van der Waals surface area contributed by atoms with Crippen LogP contribution in [0, 0.1) is 17.0 Å². The number of benzene rings is 3. The van der Waals surface area contributed by atoms with E-state index in [-0.39, 0.29) is 13.0 Å². The molecule has 64 heavy (non-hydrogen) atoms. The minimum Gasteiger partial charge on any atom is -0.497 e. The smallest absolute Gasteiger partial charge is 0.408 e. The van der Waals surface area contributed by atoms with E-state index in [1.807, 2.05) is 42.5 Å². The molecular weight excluding hydrogens is 843 g/mol. The van der Waals surface area contributed by atoms with Gasteiger partial charge >= 0.3 is 12.1 Å². The molecule has 4 aromatic rings. The van der Waals surface area contributed by atoms with Crippen LogP contribution in [0.5, 0.6) is 5.75 Å². The quantitative estimate of drug-likeness (QED) is 0.0969. The highest BCUT2D eigenvalue weighted by molar-refractivity contribution is 5.95. The van der Waals surface area contributed by atoms with Crippen molar-refractivity contribution < 1.29 is 60.9 Å². The Morgan fingerprint density at radius 1 is 0.891 bits per heavy atom. The molecule has 5 rings (SSSR count). The fourth-order valence-corrected chi connectivity index (χ4v) is 6.77. The van der Waals surface area contributed by atoms with Gasteiger partial charge in [-0.05, 0) is 62.9 Å². The zero-order valence-electron chi connectivity index (χ0n) is 37.0. The van der Waals surface area contributed by atoms with Gasteiger partial charge in [-0.3, -0.25) is 14.4 Å². The number of aromatic nitrogens is 1. The number of carboxylic acid groups (broad SMARTS) is 1. The van der Waals surface area contributed by atoms with Crippen LogP contribution in [0.2, 0.25) is 0 Å². The summed E-state index contributed by atoms with van der Waals surface area (Å²) in [6, 6.07) is 17.3. The van der Waals surface area contributed by atoms with Crippen LogP contribution in [-0.4, -0.2) is 108 Å². The predicted molar refractivity (Wildman–Crippen MR) is 230 cm³/mol. The first kappa shape index (κ1) is 50.3. The first-order chi connectivity index (χ1) is 30.0. The van der Waals surface area contributed by atoms with Gasteiger partial charge in [-0.2, -0.15) is 0 Å². The number of pyridine rings is 1. The van der Waals surface area contributed by atoms with Crippen LogP contribution >= 0.6 is 0 Å². The minimum absolute atomic E-state index is 0.0364. The minimum atomic E-state index is -3.04. The SMILES string of the molecule is COC1C[C@@H](C(=O)N[C@@H](CC(F)F)C(=O)NCCc2c(F)cc(C(=O)O)cc2F)N(C(=O)[C@@H](NC(=O)OC(C)(C)C)C(C)(C)C)C1.COc1ccc2ccc(-c3ccccc3)nc2c1. The van der Waals surface area contributed by atoms with Gasteiger partial charge in [0.25, 0.3) is 0 Å². The lowest BCUT2D eigenvalue weighted by molar-refractivity contribution is -0.143. The molecule has 1 aromatic heterocycles. The first-order valence-electron chi connectivity index (χ1n) is 20.4. The number of alkyl carbamates (subject to hydrolysis) is 1. The largest absolute Gasteiger partial charge is 0.497 e. The molecule has 0 bridgehead atoms. The van der Waals surface area contributed by atoms with Crippen LogP contribution in [0.4, 0.5) is 22.4 Å². The monoisotopic (exact) mass is 897 g/mol. The van der Waals surface area contributed by atoms with E-state index in [4.69, 9.17) is 19.3 Å². The molecule has 1 aliphatic rings. The molecule has 1 unspecified atom stereocenters. The van der Waals surface area contributed by atoms with Gasteiger partial charge < -0.3 is 40.2 Å². The summed E-state index contributed by atoms with van der Waals surface area (Å²) in [5.74, 6) is -5.72. The van der Waals surface area contributed by atoms with Gasteiger partial charge in [-0.15, -0.1) is 0 Å². The standard InChI is InChI=1S/C30H42F4N4O8.C16H13NO/c1-29(2,3)23(37-28(44)46-30(4,5)6)26(41)38-14-16(45-7)12-21(38)25(40)36-20(13-22(33)34)24(39)35-9-8-17-18(31)10-15(27(42)43)11-19(17)32;1-18-14-9-7-13-8-10-15(17-16(13)11-14)12-5-3-2-4-6-12/h10-11,16,20-23H,8-9,12-14H2,1-7H3,(H,35,39)(H,36,40)(H,37,44)(H,42,43);2-11H,1H3/t16?,20-,21-,23+;/m0./s1. The molecule has 1 fully saturated rings. The summed E-state index contributed by atoms with van der Waals surface area (Å²) in [5, 5.41) is 17.1. The highest BCUT2D eigenvalue weighted by Gasteiger charge is 2.46. The fourth-order valence-electron chi connectivity index (χ4n) is 6.77. The maximum absolute atomic E-state index is 14.3. The second-order valence-electron chi connectivity index (χ2n) is 17.1. The summed E-state index contributed by atoms with van der Waals surface area (Å²) >= 11 is 0. The van der Waals surface area contributed by atoms with E-state index in [0.717, 1.165) is 32.8 Å². The third-order valence-electron chi connectivity index (χ3n) is 10.0. The van der Waals surface area contributed by atoms with Crippen LogP contribution in [0.15, 0.2) is 72.8 Å². The highest BCUT2D eigenvalue weighted by Crippen LogP contribution is 2.28. The first-order valence-corrected chi connectivity index (χ1v) is 20.4. The summed E-state index contributed by atoms with van der Waals surface area (Å²) in [6.45, 7) is 9.49. The Bertz CT molecular complexity index is 2260. The van der Waals surface area contributed by atoms with Crippen molar-refractivity contribution in [3.8, 4) is 17.0 Å². The van der Waals surface area contributed by atoms with Gasteiger partial charge in [0.15, 0.2) is 0 Å². The Balaban J connectivity index is 0.000000408. The van der Waals surface area contributed by atoms with E-state index in [0.29, 0.717) is 12.1 Å². The number of carbonyl (C=O) groups is 5. The van der Waals surface area contributed by atoms with Crippen LogP contribution in [-0.2, 0) is 30.3 Å². The molecule has 18 heteroatoms. The van der Waals surface area contributed by atoms with E-state index in [2.05, 4.69) is 39.1 Å². The van der Waals surface area contributed by atoms with Crippen LogP contribution in [0.25, 0.3) is 22.2 Å². The number of likely N-dealkylation sites (tertiary alicyclic amines) is 1. The highest BCUT2D eigenvalue weighted by atomic mass is 19.3. The molecular formula is C46H55F4N5O9. The molecule has 14 nitrogen and oxygen atoms in total. The van der Waals surface area contributed by atoms with Crippen molar-refractivity contribution >= 4 is 40.7 Å². The van der Waals surface area contributed by atoms with Gasteiger partial charge in [-0.25, -0.2) is 32.1 Å². The summed E-state index contributed by atoms with van der Waals surface area (Å²) in [7, 11) is 3.03. The maximum Gasteiger partial charge on any atom is 0.408 e. The maximum atomic E-state index is 14.3. The molecule has 0 aliphatic carbocycles. The number of methoxy groups -OCH3 is 2. The number of hydrogen-bond acceptors (Lipinski definition) is 9. The Morgan fingerprint density at radius 3 is 2.09 bits per heavy atom.